The van der Waals surface area contributed by atoms with Crippen molar-refractivity contribution < 1.29 is 4.42 Å². The standard InChI is InChI=1S/C16H15N3O/c1-2-10-19-13(4-1)15(12-6-8-17-9-7-12)18-16(19)14-5-3-11-20-14/h1-6,10-11,17H,7-9H2. The van der Waals surface area contributed by atoms with Crippen LogP contribution in [-0.2, 0) is 0 Å². The molecule has 20 heavy (non-hydrogen) atoms. The second-order valence-corrected chi connectivity index (χ2v) is 4.90. The minimum absolute atomic E-state index is 0.798. The lowest BCUT2D eigenvalue weighted by Gasteiger charge is -2.12. The molecule has 0 aromatic carbocycles. The molecule has 3 aromatic heterocycles. The molecule has 0 spiro atoms. The van der Waals surface area contributed by atoms with Crippen LogP contribution < -0.4 is 5.32 Å². The third-order valence-electron chi connectivity index (χ3n) is 3.66. The van der Waals surface area contributed by atoms with Gasteiger partial charge in [-0.3, -0.25) is 4.40 Å². The number of imidazole rings is 1. The van der Waals surface area contributed by atoms with E-state index in [4.69, 9.17) is 9.40 Å². The van der Waals surface area contributed by atoms with Crippen molar-refractivity contribution in [3.05, 3.63) is 54.6 Å². The van der Waals surface area contributed by atoms with E-state index in [2.05, 4.69) is 21.9 Å². The average molecular weight is 265 g/mol. The van der Waals surface area contributed by atoms with Crippen molar-refractivity contribution in [3.8, 4) is 11.6 Å². The molecule has 4 nitrogen and oxygen atoms in total. The van der Waals surface area contributed by atoms with E-state index in [0.717, 1.165) is 42.3 Å². The highest BCUT2D eigenvalue weighted by Gasteiger charge is 2.17. The van der Waals surface area contributed by atoms with Crippen molar-refractivity contribution in [1.82, 2.24) is 14.7 Å². The second-order valence-electron chi connectivity index (χ2n) is 4.90. The van der Waals surface area contributed by atoms with E-state index in [9.17, 15) is 0 Å². The summed E-state index contributed by atoms with van der Waals surface area (Å²) >= 11 is 0. The Morgan fingerprint density at radius 2 is 2.20 bits per heavy atom. The summed E-state index contributed by atoms with van der Waals surface area (Å²) in [6.45, 7) is 1.92. The van der Waals surface area contributed by atoms with Crippen LogP contribution in [0.1, 0.15) is 12.1 Å². The van der Waals surface area contributed by atoms with Gasteiger partial charge in [-0.15, -0.1) is 0 Å². The van der Waals surface area contributed by atoms with E-state index in [-0.39, 0.29) is 0 Å². The molecule has 100 valence electrons. The van der Waals surface area contributed by atoms with Gasteiger partial charge in [0.1, 0.15) is 0 Å². The van der Waals surface area contributed by atoms with Crippen molar-refractivity contribution >= 4 is 11.1 Å². The Labute approximate surface area is 116 Å². The predicted octanol–water partition coefficient (Wildman–Crippen LogP) is 2.97. The van der Waals surface area contributed by atoms with E-state index in [0.29, 0.717) is 0 Å². The van der Waals surface area contributed by atoms with Gasteiger partial charge in [-0.2, -0.15) is 0 Å². The molecule has 4 heterocycles. The number of furan rings is 1. The molecule has 4 heteroatoms. The normalized spacial score (nSPS) is 15.5. The molecule has 1 aliphatic heterocycles. The lowest BCUT2D eigenvalue weighted by atomic mass is 10.1. The minimum Gasteiger partial charge on any atom is -0.461 e. The average Bonchev–Trinajstić information content (AvgIpc) is 3.15. The Morgan fingerprint density at radius 3 is 3.00 bits per heavy atom. The highest BCUT2D eigenvalue weighted by molar-refractivity contribution is 5.79. The second kappa shape index (κ2) is 4.65. The van der Waals surface area contributed by atoms with Gasteiger partial charge in [-0.05, 0) is 42.8 Å². The summed E-state index contributed by atoms with van der Waals surface area (Å²) in [4.78, 5) is 4.83. The largest absolute Gasteiger partial charge is 0.461 e. The molecule has 3 aromatic rings. The van der Waals surface area contributed by atoms with Crippen LogP contribution in [0.5, 0.6) is 0 Å². The van der Waals surface area contributed by atoms with Gasteiger partial charge in [0.15, 0.2) is 11.6 Å². The summed E-state index contributed by atoms with van der Waals surface area (Å²) in [5, 5.41) is 3.34. The fourth-order valence-electron chi connectivity index (χ4n) is 2.69. The third-order valence-corrected chi connectivity index (χ3v) is 3.66. The van der Waals surface area contributed by atoms with Crippen LogP contribution in [0.4, 0.5) is 0 Å². The molecule has 0 radical (unpaired) electrons. The van der Waals surface area contributed by atoms with E-state index in [1.54, 1.807) is 6.26 Å². The zero-order valence-electron chi connectivity index (χ0n) is 11.0. The summed E-state index contributed by atoms with van der Waals surface area (Å²) in [5.41, 5.74) is 3.51. The van der Waals surface area contributed by atoms with Crippen molar-refractivity contribution in [2.24, 2.45) is 0 Å². The first-order valence-corrected chi connectivity index (χ1v) is 6.84. The Morgan fingerprint density at radius 1 is 1.20 bits per heavy atom. The van der Waals surface area contributed by atoms with Crippen molar-refractivity contribution in [2.75, 3.05) is 13.1 Å². The number of fused-ring (bicyclic) bond motifs is 1. The summed E-state index contributed by atoms with van der Waals surface area (Å²) in [6, 6.07) is 10.0. The Hall–Kier alpha value is -2.33. The maximum atomic E-state index is 5.51. The molecule has 1 N–H and O–H groups in total. The van der Waals surface area contributed by atoms with Crippen LogP contribution in [0.15, 0.2) is 53.3 Å². The number of nitrogens with zero attached hydrogens (tertiary/aromatic N) is 2. The lowest BCUT2D eigenvalue weighted by molar-refractivity contribution is 0.577. The van der Waals surface area contributed by atoms with Gasteiger partial charge in [-0.1, -0.05) is 12.1 Å². The highest BCUT2D eigenvalue weighted by atomic mass is 16.3. The number of nitrogens with one attached hydrogen (secondary N) is 1. The molecule has 0 amide bonds. The molecule has 0 saturated carbocycles. The number of hydrogen-bond donors (Lipinski definition) is 1. The van der Waals surface area contributed by atoms with Gasteiger partial charge in [0.2, 0.25) is 0 Å². The molecule has 0 atom stereocenters. The molecular weight excluding hydrogens is 250 g/mol. The van der Waals surface area contributed by atoms with Crippen LogP contribution in [-0.4, -0.2) is 22.5 Å². The zero-order chi connectivity index (χ0) is 13.4. The van der Waals surface area contributed by atoms with Gasteiger partial charge in [0.05, 0.1) is 17.5 Å². The van der Waals surface area contributed by atoms with Crippen molar-refractivity contribution in [1.29, 1.82) is 0 Å². The number of hydrogen-bond acceptors (Lipinski definition) is 3. The summed E-state index contributed by atoms with van der Waals surface area (Å²) in [7, 11) is 0. The first kappa shape index (κ1) is 11.5. The molecule has 0 bridgehead atoms. The van der Waals surface area contributed by atoms with Crippen LogP contribution >= 0.6 is 0 Å². The quantitative estimate of drug-likeness (QED) is 0.774. The number of aromatic nitrogens is 2. The van der Waals surface area contributed by atoms with Gasteiger partial charge in [-0.25, -0.2) is 4.98 Å². The van der Waals surface area contributed by atoms with Crippen LogP contribution in [0.3, 0.4) is 0 Å². The summed E-state index contributed by atoms with van der Waals surface area (Å²) < 4.78 is 7.61. The number of pyridine rings is 1. The van der Waals surface area contributed by atoms with Gasteiger partial charge < -0.3 is 9.73 Å². The van der Waals surface area contributed by atoms with E-state index in [1.165, 1.54) is 5.57 Å². The highest BCUT2D eigenvalue weighted by Crippen LogP contribution is 2.29. The predicted molar refractivity (Wildman–Crippen MR) is 78.4 cm³/mol. The summed E-state index contributed by atoms with van der Waals surface area (Å²) in [5.74, 6) is 1.66. The Balaban J connectivity index is 1.96. The van der Waals surface area contributed by atoms with E-state index < -0.39 is 0 Å². The van der Waals surface area contributed by atoms with Gasteiger partial charge in [0, 0.05) is 12.7 Å². The first-order valence-electron chi connectivity index (χ1n) is 6.84. The van der Waals surface area contributed by atoms with Gasteiger partial charge in [0.25, 0.3) is 0 Å². The van der Waals surface area contributed by atoms with Crippen molar-refractivity contribution in [3.63, 3.8) is 0 Å². The monoisotopic (exact) mass is 265 g/mol. The molecule has 0 saturated heterocycles. The van der Waals surface area contributed by atoms with E-state index >= 15 is 0 Å². The van der Waals surface area contributed by atoms with Gasteiger partial charge >= 0.3 is 0 Å². The summed E-state index contributed by atoms with van der Waals surface area (Å²) in [6.07, 6.45) is 6.96. The van der Waals surface area contributed by atoms with E-state index in [1.807, 2.05) is 30.5 Å². The molecule has 0 aliphatic carbocycles. The van der Waals surface area contributed by atoms with Crippen LogP contribution in [0.2, 0.25) is 0 Å². The maximum Gasteiger partial charge on any atom is 0.181 e. The maximum absolute atomic E-state index is 5.51. The van der Waals surface area contributed by atoms with Crippen molar-refractivity contribution in [2.45, 2.75) is 6.42 Å². The number of rotatable bonds is 2. The molecule has 4 rings (SSSR count). The molecule has 1 aliphatic rings. The third kappa shape index (κ3) is 1.77. The Bertz CT molecular complexity index is 768. The first-order chi connectivity index (χ1) is 9.93. The lowest BCUT2D eigenvalue weighted by Crippen LogP contribution is -2.20. The topological polar surface area (TPSA) is 42.5 Å². The zero-order valence-corrected chi connectivity index (χ0v) is 11.0. The van der Waals surface area contributed by atoms with Crippen LogP contribution in [0, 0.1) is 0 Å². The molecular formula is C16H15N3O. The fourth-order valence-corrected chi connectivity index (χ4v) is 2.69. The fraction of sp³-hybridized carbons (Fsp3) is 0.188. The van der Waals surface area contributed by atoms with Crippen LogP contribution in [0.25, 0.3) is 22.7 Å². The molecule has 0 fully saturated rings. The molecule has 0 unspecified atom stereocenters. The minimum atomic E-state index is 0.798. The SMILES string of the molecule is C1=C(c2nc(-c3ccco3)n3ccccc23)CCNC1. The Kier molecular flexibility index (Phi) is 2.67. The smallest absolute Gasteiger partial charge is 0.181 e.